The molecule has 30 heavy (non-hydrogen) atoms. The quantitative estimate of drug-likeness (QED) is 0.454. The number of hydrogen-bond donors (Lipinski definition) is 3. The molecule has 0 spiro atoms. The topological polar surface area (TPSA) is 107 Å². The van der Waals surface area contributed by atoms with Crippen LogP contribution in [0.2, 0.25) is 0 Å². The first-order valence-electron chi connectivity index (χ1n) is 9.96. The van der Waals surface area contributed by atoms with Gasteiger partial charge in [-0.2, -0.15) is 5.10 Å². The van der Waals surface area contributed by atoms with E-state index in [0.29, 0.717) is 24.2 Å². The number of nitrogens with one attached hydrogen (secondary N) is 2. The van der Waals surface area contributed by atoms with Crippen molar-refractivity contribution < 1.29 is 4.74 Å². The summed E-state index contributed by atoms with van der Waals surface area (Å²) < 4.78 is 7.32. The van der Waals surface area contributed by atoms with Gasteiger partial charge in [0.25, 0.3) is 0 Å². The highest BCUT2D eigenvalue weighted by molar-refractivity contribution is 5.93. The van der Waals surface area contributed by atoms with Gasteiger partial charge in [0.1, 0.15) is 17.3 Å². The van der Waals surface area contributed by atoms with E-state index < -0.39 is 0 Å². The van der Waals surface area contributed by atoms with Gasteiger partial charge in [0.2, 0.25) is 0 Å². The van der Waals surface area contributed by atoms with Crippen LogP contribution in [0.5, 0.6) is 0 Å². The largest absolute Gasteiger partial charge is 0.383 e. The maximum absolute atomic E-state index is 6.21. The molecule has 8 heteroatoms. The third-order valence-corrected chi connectivity index (χ3v) is 5.49. The van der Waals surface area contributed by atoms with E-state index in [1.807, 2.05) is 35.9 Å². The van der Waals surface area contributed by atoms with Crippen molar-refractivity contribution in [3.05, 3.63) is 47.5 Å². The van der Waals surface area contributed by atoms with E-state index in [9.17, 15) is 0 Å². The number of nitrogens with two attached hydrogens (primary N) is 1. The molecule has 1 aliphatic heterocycles. The van der Waals surface area contributed by atoms with Crippen LogP contribution in [0, 0.1) is 18.8 Å². The fourth-order valence-electron chi connectivity index (χ4n) is 4.13. The van der Waals surface area contributed by atoms with Crippen molar-refractivity contribution in [3.63, 3.8) is 0 Å². The van der Waals surface area contributed by atoms with Crippen molar-refractivity contribution in [2.24, 2.45) is 0 Å². The predicted octanol–water partition coefficient (Wildman–Crippen LogP) is 2.15. The van der Waals surface area contributed by atoms with Gasteiger partial charge in [0.15, 0.2) is 0 Å². The Morgan fingerprint density at radius 3 is 3.07 bits per heavy atom. The van der Waals surface area contributed by atoms with Crippen LogP contribution in [0.3, 0.4) is 0 Å². The highest BCUT2D eigenvalue weighted by Gasteiger charge is 2.28. The number of anilines is 1. The molecular weight excluding hydrogens is 378 g/mol. The maximum atomic E-state index is 6.21. The Hall–Kier alpha value is -3.41. The summed E-state index contributed by atoms with van der Waals surface area (Å²) in [4.78, 5) is 12.0. The Balaban J connectivity index is 1.54. The number of hydrogen-bond acceptors (Lipinski definition) is 6. The van der Waals surface area contributed by atoms with E-state index in [-0.39, 0.29) is 6.04 Å². The summed E-state index contributed by atoms with van der Waals surface area (Å²) >= 11 is 0. The molecule has 152 valence electrons. The first-order valence-corrected chi connectivity index (χ1v) is 9.96. The summed E-state index contributed by atoms with van der Waals surface area (Å²) in [6.45, 7) is 3.45. The second kappa shape index (κ2) is 7.44. The number of nitrogen functional groups attached to an aromatic ring is 1. The van der Waals surface area contributed by atoms with Gasteiger partial charge in [-0.3, -0.25) is 4.68 Å². The summed E-state index contributed by atoms with van der Waals surface area (Å²) in [6, 6.07) is 8.43. The van der Waals surface area contributed by atoms with Crippen LogP contribution in [0.1, 0.15) is 29.5 Å². The van der Waals surface area contributed by atoms with Gasteiger partial charge in [-0.1, -0.05) is 5.92 Å². The standard InChI is InChI=1S/C22H23N7O/c1-13-26-17-5-3-14(9-19(17)27-13)4-6-18-21-20(7-8-24-22(21)23)29(28-18)16-10-15(12-30-2)25-11-16/h3,5,7-9,15-16,25H,10-12H2,1-2H3,(H2,23,24)(H,26,27)/t15-,16+/m1/s1. The number of nitrogens with zero attached hydrogens (tertiary/aromatic N) is 4. The Labute approximate surface area is 173 Å². The minimum absolute atomic E-state index is 0.216. The van der Waals surface area contributed by atoms with Gasteiger partial charge in [-0.15, -0.1) is 0 Å². The lowest BCUT2D eigenvalue weighted by Gasteiger charge is -2.11. The van der Waals surface area contributed by atoms with E-state index in [1.165, 1.54) is 0 Å². The number of fused-ring (bicyclic) bond motifs is 2. The Morgan fingerprint density at radius 1 is 1.30 bits per heavy atom. The molecule has 1 saturated heterocycles. The number of aromatic nitrogens is 5. The van der Waals surface area contributed by atoms with Crippen LogP contribution in [0.25, 0.3) is 21.9 Å². The lowest BCUT2D eigenvalue weighted by molar-refractivity contribution is 0.172. The molecule has 5 rings (SSSR count). The van der Waals surface area contributed by atoms with Gasteiger partial charge in [-0.05, 0) is 43.5 Å². The molecule has 0 unspecified atom stereocenters. The summed E-state index contributed by atoms with van der Waals surface area (Å²) in [5.41, 5.74) is 10.6. The summed E-state index contributed by atoms with van der Waals surface area (Å²) in [5, 5.41) is 9.12. The van der Waals surface area contributed by atoms with E-state index in [4.69, 9.17) is 15.6 Å². The number of benzene rings is 1. The van der Waals surface area contributed by atoms with Gasteiger partial charge >= 0.3 is 0 Å². The van der Waals surface area contributed by atoms with E-state index in [2.05, 4.69) is 32.1 Å². The van der Waals surface area contributed by atoms with Crippen molar-refractivity contribution in [3.8, 4) is 11.8 Å². The van der Waals surface area contributed by atoms with Gasteiger partial charge < -0.3 is 20.8 Å². The molecule has 8 nitrogen and oxygen atoms in total. The Bertz CT molecular complexity index is 1290. The highest BCUT2D eigenvalue weighted by atomic mass is 16.5. The molecule has 0 amide bonds. The molecule has 0 aliphatic carbocycles. The number of aryl methyl sites for hydroxylation is 1. The normalized spacial score (nSPS) is 18.7. The molecule has 1 fully saturated rings. The average Bonchev–Trinajstić information content (AvgIpc) is 3.43. The van der Waals surface area contributed by atoms with Crippen LogP contribution in [-0.4, -0.2) is 51.0 Å². The number of H-pyrrole nitrogens is 1. The zero-order valence-corrected chi connectivity index (χ0v) is 16.9. The maximum Gasteiger partial charge on any atom is 0.147 e. The molecule has 0 radical (unpaired) electrons. The summed E-state index contributed by atoms with van der Waals surface area (Å²) in [7, 11) is 1.72. The SMILES string of the molecule is COC[C@H]1C[C@H](n2nc(C#Cc3ccc4[nH]c(C)nc4c3)c3c(N)nccc32)CN1. The smallest absolute Gasteiger partial charge is 0.147 e. The summed E-state index contributed by atoms with van der Waals surface area (Å²) in [5.74, 6) is 7.76. The minimum atomic E-state index is 0.216. The molecule has 0 saturated carbocycles. The first kappa shape index (κ1) is 18.6. The molecule has 3 aromatic heterocycles. The van der Waals surface area contributed by atoms with Crippen molar-refractivity contribution >= 4 is 27.8 Å². The van der Waals surface area contributed by atoms with Gasteiger partial charge in [0, 0.05) is 31.5 Å². The molecule has 4 heterocycles. The van der Waals surface area contributed by atoms with Crippen LogP contribution in [0.4, 0.5) is 5.82 Å². The number of methoxy groups -OCH3 is 1. The number of ether oxygens (including phenoxy) is 1. The Kier molecular flexibility index (Phi) is 4.62. The zero-order valence-electron chi connectivity index (χ0n) is 16.9. The van der Waals surface area contributed by atoms with E-state index in [1.54, 1.807) is 13.3 Å². The van der Waals surface area contributed by atoms with E-state index >= 15 is 0 Å². The van der Waals surface area contributed by atoms with Crippen LogP contribution in [0.15, 0.2) is 30.5 Å². The zero-order chi connectivity index (χ0) is 20.7. The molecule has 4 aromatic rings. The molecule has 4 N–H and O–H groups in total. The van der Waals surface area contributed by atoms with Crippen LogP contribution >= 0.6 is 0 Å². The molecule has 2 atom stereocenters. The third kappa shape index (κ3) is 3.28. The second-order valence-electron chi connectivity index (χ2n) is 7.64. The molecule has 1 aliphatic rings. The lowest BCUT2D eigenvalue weighted by atomic mass is 10.1. The molecule has 1 aromatic carbocycles. The van der Waals surface area contributed by atoms with E-state index in [0.717, 1.165) is 46.3 Å². The number of imidazole rings is 1. The lowest BCUT2D eigenvalue weighted by Crippen LogP contribution is -2.25. The minimum Gasteiger partial charge on any atom is -0.383 e. The van der Waals surface area contributed by atoms with Crippen LogP contribution < -0.4 is 11.1 Å². The average molecular weight is 401 g/mol. The fourth-order valence-corrected chi connectivity index (χ4v) is 4.13. The van der Waals surface area contributed by atoms with Crippen LogP contribution in [-0.2, 0) is 4.74 Å². The molecular formula is C22H23N7O. The third-order valence-electron chi connectivity index (χ3n) is 5.49. The van der Waals surface area contributed by atoms with Crippen molar-refractivity contribution in [1.29, 1.82) is 0 Å². The Morgan fingerprint density at radius 2 is 2.20 bits per heavy atom. The number of aromatic amines is 1. The monoisotopic (exact) mass is 401 g/mol. The first-order chi connectivity index (χ1) is 14.6. The highest BCUT2D eigenvalue weighted by Crippen LogP contribution is 2.29. The predicted molar refractivity (Wildman–Crippen MR) is 116 cm³/mol. The summed E-state index contributed by atoms with van der Waals surface area (Å²) in [6.07, 6.45) is 2.66. The number of pyridine rings is 1. The molecule has 0 bridgehead atoms. The fraction of sp³-hybridized carbons (Fsp3) is 0.318. The van der Waals surface area contributed by atoms with Crippen molar-refractivity contribution in [2.75, 3.05) is 26.0 Å². The second-order valence-corrected chi connectivity index (χ2v) is 7.64. The van der Waals surface area contributed by atoms with Crippen molar-refractivity contribution in [2.45, 2.75) is 25.4 Å². The van der Waals surface area contributed by atoms with Crippen molar-refractivity contribution in [1.82, 2.24) is 30.0 Å². The van der Waals surface area contributed by atoms with Gasteiger partial charge in [0.05, 0.1) is 34.6 Å². The number of rotatable bonds is 3. The van der Waals surface area contributed by atoms with Gasteiger partial charge in [-0.25, -0.2) is 9.97 Å².